The number of hydrogen-bond donors (Lipinski definition) is 3. The molecule has 6 atom stereocenters. The molecule has 6 rings (SSSR count). The van der Waals surface area contributed by atoms with Crippen molar-refractivity contribution in [3.8, 4) is 11.5 Å². The molecule has 368 valence electrons. The Hall–Kier alpha value is -4.34. The fourth-order valence-electron chi connectivity index (χ4n) is 10.8. The third kappa shape index (κ3) is 12.5. The van der Waals surface area contributed by atoms with Crippen LogP contribution in [-0.4, -0.2) is 91.6 Å². The van der Waals surface area contributed by atoms with Gasteiger partial charge in [-0.25, -0.2) is 13.2 Å². The fourth-order valence-corrected chi connectivity index (χ4v) is 12.7. The molecular weight excluding hydrogens is 869 g/mol. The normalized spacial score (nSPS) is 22.7. The van der Waals surface area contributed by atoms with Gasteiger partial charge in [0.2, 0.25) is 15.8 Å². The number of para-hydroxylation sites is 1. The monoisotopic (exact) mass is 945 g/mol. The average molecular weight is 945 g/mol. The van der Waals surface area contributed by atoms with Gasteiger partial charge in [0.15, 0.2) is 0 Å². The first-order valence-corrected chi connectivity index (χ1v) is 26.6. The first-order valence-electron chi connectivity index (χ1n) is 25.1. The van der Waals surface area contributed by atoms with Crippen molar-refractivity contribution < 1.29 is 42.5 Å². The number of nitrogens with zero attached hydrogens (tertiary/aromatic N) is 3. The van der Waals surface area contributed by atoms with Gasteiger partial charge >= 0.3 is 6.09 Å². The average Bonchev–Trinajstić information content (AvgIpc) is 3.33. The summed E-state index contributed by atoms with van der Waals surface area (Å²) >= 11 is 0. The molecule has 1 fully saturated rings. The zero-order valence-electron chi connectivity index (χ0n) is 40.2. The van der Waals surface area contributed by atoms with Crippen LogP contribution in [0.1, 0.15) is 141 Å². The molecule has 0 spiro atoms. The summed E-state index contributed by atoms with van der Waals surface area (Å²) in [5.41, 5.74) is 2.63. The van der Waals surface area contributed by atoms with Gasteiger partial charge in [-0.3, -0.25) is 4.98 Å². The molecule has 1 saturated carbocycles. The van der Waals surface area contributed by atoms with Gasteiger partial charge in [0.05, 0.1) is 29.8 Å². The summed E-state index contributed by atoms with van der Waals surface area (Å²) in [6, 6.07) is 13.3. The predicted molar refractivity (Wildman–Crippen MR) is 264 cm³/mol. The van der Waals surface area contributed by atoms with Crippen molar-refractivity contribution in [2.24, 2.45) is 22.9 Å². The van der Waals surface area contributed by atoms with Gasteiger partial charge in [0.25, 0.3) is 0 Å². The van der Waals surface area contributed by atoms with E-state index in [1.165, 1.54) is 56.4 Å². The summed E-state index contributed by atoms with van der Waals surface area (Å²) in [5, 5.41) is 28.2. The van der Waals surface area contributed by atoms with Crippen molar-refractivity contribution in [2.75, 3.05) is 40.0 Å². The van der Waals surface area contributed by atoms with E-state index < -0.39 is 33.9 Å². The topological polar surface area (TPSA) is 169 Å². The Morgan fingerprint density at radius 3 is 2.36 bits per heavy atom. The smallest absolute Gasteiger partial charge is 0.412 e. The molecule has 3 aromatic rings. The van der Waals surface area contributed by atoms with Gasteiger partial charge in [-0.2, -0.15) is 4.31 Å². The number of allylic oxidation sites excluding steroid dienone is 1. The number of fused-ring (bicyclic) bond motifs is 3. The molecule has 1 aliphatic heterocycles. The van der Waals surface area contributed by atoms with Gasteiger partial charge < -0.3 is 34.6 Å². The second-order valence-corrected chi connectivity index (χ2v) is 20.3. The second-order valence-electron chi connectivity index (χ2n) is 18.4. The van der Waals surface area contributed by atoms with Gasteiger partial charge in [-0.15, -0.1) is 6.58 Å². The van der Waals surface area contributed by atoms with E-state index in [9.17, 15) is 15.0 Å². The summed E-state index contributed by atoms with van der Waals surface area (Å²) < 4.78 is 52.7. The largest absolute Gasteiger partial charge is 0.460 e. The second kappa shape index (κ2) is 25.9. The molecular formula is C53H76N4O9S. The van der Waals surface area contributed by atoms with E-state index in [0.717, 1.165) is 56.1 Å². The number of sulfonamides is 1. The zero-order chi connectivity index (χ0) is 47.7. The minimum Gasteiger partial charge on any atom is -0.460 e. The van der Waals surface area contributed by atoms with E-state index in [0.29, 0.717) is 53.9 Å². The van der Waals surface area contributed by atoms with Crippen LogP contribution in [0.15, 0.2) is 89.1 Å². The fraction of sp³-hybridized carbons (Fsp3) is 0.604. The third-order valence-electron chi connectivity index (χ3n) is 13.8. The Bertz CT molecular complexity index is 2230. The number of aliphatic hydroxyl groups is 2. The molecule has 2 aliphatic carbocycles. The SMILES string of the molecule is C=CCO[C@@]12Oc3ccc(OC(=O)NCCCCCCCCCCCC)cc3[C@H]3[C@H](CCCCO)[C@@H](CCCCO)C=C(C(=NOC)C[C@@H]1N(CCC)S(=O)(=O)c1cccc4cccnc14)[C@H]32. The highest BCUT2D eigenvalue weighted by Gasteiger charge is 2.66. The summed E-state index contributed by atoms with van der Waals surface area (Å²) in [6.45, 7) is 9.05. The molecule has 0 unspecified atom stereocenters. The van der Waals surface area contributed by atoms with Crippen LogP contribution in [0.4, 0.5) is 4.79 Å². The van der Waals surface area contributed by atoms with Gasteiger partial charge in [-0.1, -0.05) is 120 Å². The molecule has 67 heavy (non-hydrogen) atoms. The lowest BCUT2D eigenvalue weighted by Gasteiger charge is -2.59. The first kappa shape index (κ1) is 52.0. The number of unbranched alkanes of at least 4 members (excludes halogenated alkanes) is 11. The van der Waals surface area contributed by atoms with Crippen molar-refractivity contribution in [1.29, 1.82) is 0 Å². The molecule has 3 aliphatic rings. The number of rotatable bonds is 29. The van der Waals surface area contributed by atoms with Crippen LogP contribution in [0.3, 0.4) is 0 Å². The highest BCUT2D eigenvalue weighted by Crippen LogP contribution is 2.62. The lowest BCUT2D eigenvalue weighted by Crippen LogP contribution is -2.70. The number of pyridine rings is 1. The summed E-state index contributed by atoms with van der Waals surface area (Å²) in [4.78, 5) is 23.6. The van der Waals surface area contributed by atoms with Crippen LogP contribution in [0.2, 0.25) is 0 Å². The Morgan fingerprint density at radius 1 is 0.940 bits per heavy atom. The number of hydrogen-bond acceptors (Lipinski definition) is 11. The molecule has 14 heteroatoms. The number of amides is 1. The Kier molecular flexibility index (Phi) is 20.1. The number of oxime groups is 1. The zero-order valence-corrected chi connectivity index (χ0v) is 41.0. The number of aliphatic hydroxyl groups excluding tert-OH is 2. The molecule has 1 amide bonds. The molecule has 3 N–H and O–H groups in total. The number of carbonyl (C=O) groups is 1. The van der Waals surface area contributed by atoms with E-state index in [1.54, 1.807) is 36.5 Å². The Labute approximate surface area is 399 Å². The molecule has 0 bridgehead atoms. The standard InChI is InChI=1S/C53H76N4O9S/c1-5-8-9-10-11-12-13-14-15-18-30-55-52(60)65-41-28-29-46-44(37-41)49-42(26-17-20-34-59)40(23-16-19-33-58)36-43-45(56-63-4)38-48(53(66-46,50(43)49)64-35-7-3)57(32-6-2)67(61,62)47-27-21-24-39-25-22-31-54-51(39)47/h7,21-22,24-25,27-29,31,36-37,40,42,48-50,58-59H,3,5-6,8-20,23,26,30,32-35,38H2,1-2,4H3,(H,55,60)/t40-,42+,48-,49+,50+,53+/m0/s1. The van der Waals surface area contributed by atoms with Crippen LogP contribution in [0.5, 0.6) is 11.5 Å². The van der Waals surface area contributed by atoms with E-state index in [2.05, 4.69) is 35.0 Å². The van der Waals surface area contributed by atoms with Crippen molar-refractivity contribution in [1.82, 2.24) is 14.6 Å². The van der Waals surface area contributed by atoms with Crippen molar-refractivity contribution in [2.45, 2.75) is 152 Å². The van der Waals surface area contributed by atoms with Crippen molar-refractivity contribution in [3.63, 3.8) is 0 Å². The lowest BCUT2D eigenvalue weighted by atomic mass is 9.55. The van der Waals surface area contributed by atoms with Crippen molar-refractivity contribution in [3.05, 3.63) is 84.6 Å². The molecule has 13 nitrogen and oxygen atoms in total. The highest BCUT2D eigenvalue weighted by molar-refractivity contribution is 7.89. The van der Waals surface area contributed by atoms with Crippen LogP contribution in [0.25, 0.3) is 10.9 Å². The molecule has 1 aromatic heterocycles. The summed E-state index contributed by atoms with van der Waals surface area (Å²) in [6.07, 6.45) is 21.9. The molecule has 0 saturated heterocycles. The van der Waals surface area contributed by atoms with Gasteiger partial charge in [-0.05, 0) is 86.3 Å². The van der Waals surface area contributed by atoms with Crippen molar-refractivity contribution >= 4 is 32.7 Å². The van der Waals surface area contributed by atoms with E-state index in [-0.39, 0.29) is 55.4 Å². The molecule has 2 heterocycles. The van der Waals surface area contributed by atoms with Crippen LogP contribution in [0, 0.1) is 17.8 Å². The minimum absolute atomic E-state index is 0.00863. The van der Waals surface area contributed by atoms with E-state index in [4.69, 9.17) is 19.0 Å². The quantitative estimate of drug-likeness (QED) is 0.0346. The summed E-state index contributed by atoms with van der Waals surface area (Å²) in [7, 11) is -2.79. The maximum absolute atomic E-state index is 15.4. The highest BCUT2D eigenvalue weighted by atomic mass is 32.2. The Morgan fingerprint density at radius 2 is 1.66 bits per heavy atom. The van der Waals surface area contributed by atoms with E-state index in [1.807, 2.05) is 31.2 Å². The Balaban J connectivity index is 1.41. The van der Waals surface area contributed by atoms with Crippen LogP contribution in [-0.2, 0) is 19.6 Å². The van der Waals surface area contributed by atoms with Crippen LogP contribution < -0.4 is 14.8 Å². The molecule has 2 aromatic carbocycles. The maximum atomic E-state index is 15.4. The number of benzene rings is 2. The third-order valence-corrected chi connectivity index (χ3v) is 15.8. The number of nitrogens with one attached hydrogen (secondary N) is 1. The number of ether oxygens (including phenoxy) is 3. The maximum Gasteiger partial charge on any atom is 0.412 e. The molecule has 0 radical (unpaired) electrons. The number of carbonyl (C=O) groups excluding carboxylic acids is 1. The van der Waals surface area contributed by atoms with E-state index >= 15 is 8.42 Å². The van der Waals surface area contributed by atoms with Gasteiger partial charge in [0, 0.05) is 55.8 Å². The summed E-state index contributed by atoms with van der Waals surface area (Å²) in [5.74, 6) is -1.72. The lowest BCUT2D eigenvalue weighted by molar-refractivity contribution is -0.251. The first-order chi connectivity index (χ1) is 32.7. The number of aromatic nitrogens is 1. The minimum atomic E-state index is -4.29. The predicted octanol–water partition coefficient (Wildman–Crippen LogP) is 10.6. The van der Waals surface area contributed by atoms with Crippen LogP contribution >= 0.6 is 0 Å². The van der Waals surface area contributed by atoms with Gasteiger partial charge in [0.1, 0.15) is 23.5 Å².